The van der Waals surface area contributed by atoms with Gasteiger partial charge in [0.1, 0.15) is 6.10 Å². The molecule has 3 nitrogen and oxygen atoms in total. The lowest BCUT2D eigenvalue weighted by Crippen LogP contribution is -2.48. The fourth-order valence-electron chi connectivity index (χ4n) is 6.96. The van der Waals surface area contributed by atoms with Gasteiger partial charge in [-0.05, 0) is 80.6 Å². The molecule has 0 saturated heterocycles. The topological polar surface area (TPSA) is 43.4 Å². The average molecular weight is 357 g/mol. The number of allylic oxidation sites excluding steroid dienone is 4. The minimum absolute atomic E-state index is 0.0398. The quantitative estimate of drug-likeness (QED) is 0.516. The summed E-state index contributed by atoms with van der Waals surface area (Å²) in [4.78, 5) is 23.5. The zero-order valence-electron chi connectivity index (χ0n) is 16.6. The monoisotopic (exact) mass is 356 g/mol. The highest BCUT2D eigenvalue weighted by molar-refractivity contribution is 5.95. The Bertz CT molecular complexity index is 702. The molecule has 0 unspecified atom stereocenters. The Hall–Kier alpha value is -1.38. The third kappa shape index (κ3) is 2.53. The number of ketones is 1. The van der Waals surface area contributed by atoms with Crippen molar-refractivity contribution in [1.82, 2.24) is 0 Å². The van der Waals surface area contributed by atoms with Crippen LogP contribution >= 0.6 is 0 Å². The number of ether oxygens (including phenoxy) is 1. The number of Topliss-reactive ketones (excluding diaryl/α,β-unsaturated/α-hetero) is 1. The van der Waals surface area contributed by atoms with Crippen molar-refractivity contribution < 1.29 is 14.3 Å². The van der Waals surface area contributed by atoms with E-state index in [1.165, 1.54) is 19.8 Å². The van der Waals surface area contributed by atoms with Gasteiger partial charge < -0.3 is 4.74 Å². The van der Waals surface area contributed by atoms with Crippen LogP contribution in [-0.4, -0.2) is 17.9 Å². The van der Waals surface area contributed by atoms with E-state index in [2.05, 4.69) is 26.0 Å². The van der Waals surface area contributed by atoms with Gasteiger partial charge in [0.05, 0.1) is 0 Å². The summed E-state index contributed by atoms with van der Waals surface area (Å²) in [6, 6.07) is 0. The van der Waals surface area contributed by atoms with E-state index in [0.717, 1.165) is 37.7 Å². The van der Waals surface area contributed by atoms with E-state index < -0.39 is 0 Å². The summed E-state index contributed by atoms with van der Waals surface area (Å²) >= 11 is 0. The lowest BCUT2D eigenvalue weighted by atomic mass is 9.48. The molecule has 142 valence electrons. The smallest absolute Gasteiger partial charge is 0.302 e. The van der Waals surface area contributed by atoms with E-state index in [0.29, 0.717) is 17.8 Å². The van der Waals surface area contributed by atoms with Gasteiger partial charge in [-0.15, -0.1) is 0 Å². The Kier molecular flexibility index (Phi) is 4.20. The summed E-state index contributed by atoms with van der Waals surface area (Å²) in [5.74, 6) is 1.94. The molecule has 26 heavy (non-hydrogen) atoms. The highest BCUT2D eigenvalue weighted by atomic mass is 16.5. The van der Waals surface area contributed by atoms with Gasteiger partial charge in [-0.1, -0.05) is 31.6 Å². The van der Waals surface area contributed by atoms with Crippen molar-refractivity contribution in [2.75, 3.05) is 0 Å². The van der Waals surface area contributed by atoms with Crippen molar-refractivity contribution >= 4 is 11.8 Å². The van der Waals surface area contributed by atoms with Crippen LogP contribution in [0.5, 0.6) is 0 Å². The normalized spacial score (nSPS) is 44.2. The molecular formula is C23H32O3. The molecule has 0 aromatic carbocycles. The Labute approximate surface area is 157 Å². The minimum atomic E-state index is -0.145. The highest BCUT2D eigenvalue weighted by Crippen LogP contribution is 2.64. The molecule has 0 aliphatic heterocycles. The van der Waals surface area contributed by atoms with Gasteiger partial charge in [0.15, 0.2) is 5.78 Å². The lowest BCUT2D eigenvalue weighted by molar-refractivity contribution is -0.151. The van der Waals surface area contributed by atoms with Crippen LogP contribution < -0.4 is 0 Å². The highest BCUT2D eigenvalue weighted by Gasteiger charge is 2.56. The molecule has 0 aromatic heterocycles. The zero-order valence-corrected chi connectivity index (χ0v) is 16.6. The van der Waals surface area contributed by atoms with Crippen molar-refractivity contribution in [2.45, 2.75) is 78.7 Å². The molecule has 2 saturated carbocycles. The summed E-state index contributed by atoms with van der Waals surface area (Å²) in [7, 11) is 0. The van der Waals surface area contributed by atoms with Gasteiger partial charge in [0.25, 0.3) is 0 Å². The maximum absolute atomic E-state index is 12.2. The predicted molar refractivity (Wildman–Crippen MR) is 101 cm³/mol. The molecule has 6 atom stereocenters. The van der Waals surface area contributed by atoms with E-state index in [4.69, 9.17) is 4.74 Å². The SMILES string of the molecule is CC(=O)O[C@@H]1CC[C@]2(C)C3=CC[C@]4(C)C(C(C)=O)=CC[C@@H]4[C@@H]3CC[C@@H]2C1. The second-order valence-electron chi connectivity index (χ2n) is 9.60. The van der Waals surface area contributed by atoms with Crippen molar-refractivity contribution in [3.05, 3.63) is 23.3 Å². The van der Waals surface area contributed by atoms with Crippen LogP contribution in [-0.2, 0) is 14.3 Å². The lowest BCUT2D eigenvalue weighted by Gasteiger charge is -2.56. The fraction of sp³-hybridized carbons (Fsp3) is 0.739. The molecule has 3 heteroatoms. The molecular weight excluding hydrogens is 324 g/mol. The standard InChI is InChI=1S/C23H32O3/c1-14(24)19-7-8-20-18-6-5-16-13-17(26-15(2)25)9-11-22(16,3)21(18)10-12-23(19,20)4/h7,10,16-18,20H,5-6,8-9,11-13H2,1-4H3/t16-,17-,18+,20-,22+,23-/m1/s1. The van der Waals surface area contributed by atoms with E-state index >= 15 is 0 Å². The first-order valence-electron chi connectivity index (χ1n) is 10.3. The van der Waals surface area contributed by atoms with Gasteiger partial charge in [0, 0.05) is 12.3 Å². The molecule has 0 radical (unpaired) electrons. The number of carbonyl (C=O) groups excluding carboxylic acids is 2. The van der Waals surface area contributed by atoms with E-state index in [9.17, 15) is 9.59 Å². The third-order valence-corrected chi connectivity index (χ3v) is 8.27. The predicted octanol–water partition coefficient (Wildman–Crippen LogP) is 5.01. The minimum Gasteiger partial charge on any atom is -0.463 e. The molecule has 0 spiro atoms. The number of carbonyl (C=O) groups is 2. The summed E-state index contributed by atoms with van der Waals surface area (Å²) in [6.45, 7) is 8.02. The van der Waals surface area contributed by atoms with Gasteiger partial charge in [-0.3, -0.25) is 9.59 Å². The van der Waals surface area contributed by atoms with Crippen LogP contribution in [0.15, 0.2) is 23.3 Å². The third-order valence-electron chi connectivity index (χ3n) is 8.27. The number of hydrogen-bond donors (Lipinski definition) is 0. The van der Waals surface area contributed by atoms with Crippen LogP contribution in [0, 0.1) is 28.6 Å². The first-order valence-corrected chi connectivity index (χ1v) is 10.3. The van der Waals surface area contributed by atoms with Gasteiger partial charge in [-0.2, -0.15) is 0 Å². The molecule has 0 aromatic rings. The maximum Gasteiger partial charge on any atom is 0.302 e. The zero-order chi connectivity index (χ0) is 18.7. The second-order valence-corrected chi connectivity index (χ2v) is 9.60. The van der Waals surface area contributed by atoms with Gasteiger partial charge in [-0.25, -0.2) is 0 Å². The van der Waals surface area contributed by atoms with Crippen LogP contribution in [0.2, 0.25) is 0 Å². The van der Waals surface area contributed by atoms with Crippen LogP contribution in [0.25, 0.3) is 0 Å². The average Bonchev–Trinajstić information content (AvgIpc) is 2.92. The Morgan fingerprint density at radius 2 is 1.85 bits per heavy atom. The molecule has 0 bridgehead atoms. The van der Waals surface area contributed by atoms with Gasteiger partial charge in [0.2, 0.25) is 0 Å². The summed E-state index contributed by atoms with van der Waals surface area (Å²) in [6.07, 6.45) is 12.5. The van der Waals surface area contributed by atoms with Crippen molar-refractivity contribution in [2.24, 2.45) is 28.6 Å². The van der Waals surface area contributed by atoms with Crippen LogP contribution in [0.3, 0.4) is 0 Å². The molecule has 4 aliphatic rings. The maximum atomic E-state index is 12.2. The molecule has 4 rings (SSSR count). The van der Waals surface area contributed by atoms with Crippen molar-refractivity contribution in [1.29, 1.82) is 0 Å². The largest absolute Gasteiger partial charge is 0.463 e. The summed E-state index contributed by atoms with van der Waals surface area (Å²) in [5, 5.41) is 0. The molecule has 0 N–H and O–H groups in total. The number of hydrogen-bond acceptors (Lipinski definition) is 3. The molecule has 2 fully saturated rings. The van der Waals surface area contributed by atoms with Gasteiger partial charge >= 0.3 is 5.97 Å². The van der Waals surface area contributed by atoms with Crippen molar-refractivity contribution in [3.63, 3.8) is 0 Å². The van der Waals surface area contributed by atoms with E-state index in [-0.39, 0.29) is 28.7 Å². The number of rotatable bonds is 2. The van der Waals surface area contributed by atoms with Crippen molar-refractivity contribution in [3.8, 4) is 0 Å². The Morgan fingerprint density at radius 1 is 1.08 bits per heavy atom. The molecule has 0 heterocycles. The Balaban J connectivity index is 1.60. The number of esters is 1. The summed E-state index contributed by atoms with van der Waals surface area (Å²) < 4.78 is 5.54. The Morgan fingerprint density at radius 3 is 2.54 bits per heavy atom. The second kappa shape index (κ2) is 6.07. The summed E-state index contributed by atoms with van der Waals surface area (Å²) in [5.41, 5.74) is 3.03. The fourth-order valence-corrected chi connectivity index (χ4v) is 6.96. The van der Waals surface area contributed by atoms with Crippen LogP contribution in [0.1, 0.15) is 72.6 Å². The van der Waals surface area contributed by atoms with Crippen LogP contribution in [0.4, 0.5) is 0 Å². The molecule has 0 amide bonds. The number of fused-ring (bicyclic) bond motifs is 5. The first-order chi connectivity index (χ1) is 12.3. The van der Waals surface area contributed by atoms with E-state index in [1.807, 2.05) is 0 Å². The molecule has 4 aliphatic carbocycles. The van der Waals surface area contributed by atoms with E-state index in [1.54, 1.807) is 12.5 Å². The first kappa shape index (κ1) is 18.0.